The lowest BCUT2D eigenvalue weighted by Gasteiger charge is -2.23. The van der Waals surface area contributed by atoms with Crippen LogP contribution < -0.4 is 10.1 Å². The average molecular weight is 293 g/mol. The van der Waals surface area contributed by atoms with Gasteiger partial charge in [-0.25, -0.2) is 0 Å². The number of hydrogen-bond donors (Lipinski definition) is 2. The summed E-state index contributed by atoms with van der Waals surface area (Å²) in [4.78, 5) is 11.7. The molecular weight excluding hydrogens is 266 g/mol. The molecule has 0 unspecified atom stereocenters. The molecule has 1 aromatic carbocycles. The first-order chi connectivity index (χ1) is 9.94. The molecule has 0 saturated carbocycles. The summed E-state index contributed by atoms with van der Waals surface area (Å²) in [6.45, 7) is 7.34. The van der Waals surface area contributed by atoms with Gasteiger partial charge in [-0.1, -0.05) is 32.0 Å². The van der Waals surface area contributed by atoms with Crippen molar-refractivity contribution in [2.75, 3.05) is 19.8 Å². The zero-order valence-corrected chi connectivity index (χ0v) is 13.3. The summed E-state index contributed by atoms with van der Waals surface area (Å²) < 4.78 is 5.66. The fourth-order valence-corrected chi connectivity index (χ4v) is 1.95. The van der Waals surface area contributed by atoms with Gasteiger partial charge in [0.25, 0.3) is 0 Å². The van der Waals surface area contributed by atoms with Crippen molar-refractivity contribution in [2.45, 2.75) is 40.0 Å². The van der Waals surface area contributed by atoms with Crippen LogP contribution in [-0.4, -0.2) is 30.8 Å². The lowest BCUT2D eigenvalue weighted by molar-refractivity contribution is -0.121. The second-order valence-corrected chi connectivity index (χ2v) is 6.13. The number of para-hydroxylation sites is 1. The predicted octanol–water partition coefficient (Wildman–Crippen LogP) is 2.68. The first-order valence-corrected chi connectivity index (χ1v) is 7.50. The molecule has 0 aromatic heterocycles. The van der Waals surface area contributed by atoms with Gasteiger partial charge in [-0.05, 0) is 36.8 Å². The van der Waals surface area contributed by atoms with Crippen LogP contribution in [0.1, 0.15) is 38.7 Å². The molecule has 0 aliphatic rings. The topological polar surface area (TPSA) is 58.6 Å². The Morgan fingerprint density at radius 2 is 2.05 bits per heavy atom. The molecular formula is C17H27NO3. The molecule has 0 saturated heterocycles. The number of carbonyl (C=O) groups excluding carboxylic acids is 1. The molecule has 118 valence electrons. The molecule has 0 aliphatic carbocycles. The number of ether oxygens (including phenoxy) is 1. The maximum atomic E-state index is 11.7. The van der Waals surface area contributed by atoms with Gasteiger partial charge in [0.2, 0.25) is 5.91 Å². The molecule has 1 amide bonds. The summed E-state index contributed by atoms with van der Waals surface area (Å²) in [5.41, 5.74) is 1.04. The van der Waals surface area contributed by atoms with Gasteiger partial charge in [-0.15, -0.1) is 0 Å². The Kier molecular flexibility index (Phi) is 7.23. The number of aliphatic hydroxyl groups excluding tert-OH is 1. The highest BCUT2D eigenvalue weighted by Crippen LogP contribution is 2.18. The number of aliphatic hydroxyl groups is 1. The van der Waals surface area contributed by atoms with Crippen LogP contribution in [0.3, 0.4) is 0 Å². The third-order valence-electron chi connectivity index (χ3n) is 3.45. The third kappa shape index (κ3) is 7.14. The van der Waals surface area contributed by atoms with Crippen molar-refractivity contribution in [1.82, 2.24) is 5.32 Å². The normalized spacial score (nSPS) is 11.2. The predicted molar refractivity (Wildman–Crippen MR) is 84.4 cm³/mol. The molecule has 21 heavy (non-hydrogen) atoms. The fourth-order valence-electron chi connectivity index (χ4n) is 1.95. The molecule has 2 N–H and O–H groups in total. The van der Waals surface area contributed by atoms with E-state index in [1.807, 2.05) is 45.0 Å². The number of carbonyl (C=O) groups is 1. The van der Waals surface area contributed by atoms with Crippen molar-refractivity contribution in [3.05, 3.63) is 29.8 Å². The van der Waals surface area contributed by atoms with Crippen LogP contribution in [0.15, 0.2) is 24.3 Å². The minimum absolute atomic E-state index is 0.0365. The highest BCUT2D eigenvalue weighted by molar-refractivity contribution is 5.75. The summed E-state index contributed by atoms with van der Waals surface area (Å²) in [5, 5.41) is 11.9. The van der Waals surface area contributed by atoms with E-state index in [0.29, 0.717) is 32.4 Å². The number of rotatable bonds is 9. The van der Waals surface area contributed by atoms with E-state index < -0.39 is 0 Å². The fraction of sp³-hybridized carbons (Fsp3) is 0.588. The van der Waals surface area contributed by atoms with Crippen LogP contribution in [0.2, 0.25) is 0 Å². The number of nitrogens with one attached hydrogen (secondary N) is 1. The van der Waals surface area contributed by atoms with E-state index in [2.05, 4.69) is 5.32 Å². The molecule has 0 spiro atoms. The van der Waals surface area contributed by atoms with Crippen LogP contribution in [0.25, 0.3) is 0 Å². The van der Waals surface area contributed by atoms with Crippen LogP contribution in [-0.2, 0) is 4.79 Å². The summed E-state index contributed by atoms with van der Waals surface area (Å²) >= 11 is 0. The Hall–Kier alpha value is -1.55. The third-order valence-corrected chi connectivity index (χ3v) is 3.45. The van der Waals surface area contributed by atoms with E-state index in [9.17, 15) is 4.79 Å². The van der Waals surface area contributed by atoms with Gasteiger partial charge in [0.15, 0.2) is 0 Å². The number of hydrogen-bond acceptors (Lipinski definition) is 3. The standard InChI is InChI=1S/C17H27NO3/c1-14-7-4-5-8-15(14)21-12-6-9-16(20)18-13-17(2,3)10-11-19/h4-5,7-8,19H,6,9-13H2,1-3H3,(H,18,20). The van der Waals surface area contributed by atoms with E-state index in [4.69, 9.17) is 9.84 Å². The first kappa shape index (κ1) is 17.5. The molecule has 0 aliphatic heterocycles. The van der Waals surface area contributed by atoms with Gasteiger partial charge in [-0.2, -0.15) is 0 Å². The number of benzene rings is 1. The minimum Gasteiger partial charge on any atom is -0.493 e. The summed E-state index contributed by atoms with van der Waals surface area (Å²) in [6, 6.07) is 7.86. The number of amides is 1. The van der Waals surface area contributed by atoms with Crippen molar-refractivity contribution >= 4 is 5.91 Å². The quantitative estimate of drug-likeness (QED) is 0.688. The summed E-state index contributed by atoms with van der Waals surface area (Å²) in [5.74, 6) is 0.913. The van der Waals surface area contributed by atoms with Crippen LogP contribution >= 0.6 is 0 Å². The Morgan fingerprint density at radius 3 is 2.71 bits per heavy atom. The summed E-state index contributed by atoms with van der Waals surface area (Å²) in [6.07, 6.45) is 1.84. The van der Waals surface area contributed by atoms with E-state index in [-0.39, 0.29) is 17.9 Å². The van der Waals surface area contributed by atoms with Gasteiger partial charge >= 0.3 is 0 Å². The summed E-state index contributed by atoms with van der Waals surface area (Å²) in [7, 11) is 0. The maximum Gasteiger partial charge on any atom is 0.220 e. The molecule has 1 aromatic rings. The van der Waals surface area contributed by atoms with Crippen molar-refractivity contribution in [3.63, 3.8) is 0 Å². The molecule has 0 fully saturated rings. The second-order valence-electron chi connectivity index (χ2n) is 6.13. The molecule has 0 atom stereocenters. The zero-order chi connectivity index (χ0) is 15.7. The molecule has 4 heteroatoms. The largest absolute Gasteiger partial charge is 0.493 e. The van der Waals surface area contributed by atoms with E-state index >= 15 is 0 Å². The lowest BCUT2D eigenvalue weighted by Crippen LogP contribution is -2.34. The van der Waals surface area contributed by atoms with Gasteiger partial charge < -0.3 is 15.2 Å². The maximum absolute atomic E-state index is 11.7. The SMILES string of the molecule is Cc1ccccc1OCCCC(=O)NCC(C)(C)CCO. The van der Waals surface area contributed by atoms with Gasteiger partial charge in [-0.3, -0.25) is 4.79 Å². The van der Waals surface area contributed by atoms with Crippen molar-refractivity contribution in [1.29, 1.82) is 0 Å². The Labute approximate surface area is 127 Å². The highest BCUT2D eigenvalue weighted by atomic mass is 16.5. The van der Waals surface area contributed by atoms with Crippen LogP contribution in [0.5, 0.6) is 5.75 Å². The molecule has 1 rings (SSSR count). The van der Waals surface area contributed by atoms with Gasteiger partial charge in [0.05, 0.1) is 6.61 Å². The van der Waals surface area contributed by atoms with E-state index in [1.165, 1.54) is 0 Å². The molecule has 0 heterocycles. The zero-order valence-electron chi connectivity index (χ0n) is 13.3. The second kappa shape index (κ2) is 8.67. The average Bonchev–Trinajstić information content (AvgIpc) is 2.43. The minimum atomic E-state index is -0.0674. The molecule has 0 radical (unpaired) electrons. The van der Waals surface area contributed by atoms with Gasteiger partial charge in [0, 0.05) is 19.6 Å². The van der Waals surface area contributed by atoms with Crippen molar-refractivity contribution in [2.24, 2.45) is 5.41 Å². The highest BCUT2D eigenvalue weighted by Gasteiger charge is 2.17. The Balaban J connectivity index is 2.18. The molecule has 0 bridgehead atoms. The smallest absolute Gasteiger partial charge is 0.220 e. The monoisotopic (exact) mass is 293 g/mol. The van der Waals surface area contributed by atoms with E-state index in [0.717, 1.165) is 11.3 Å². The number of aryl methyl sites for hydroxylation is 1. The van der Waals surface area contributed by atoms with Crippen LogP contribution in [0, 0.1) is 12.3 Å². The van der Waals surface area contributed by atoms with Gasteiger partial charge in [0.1, 0.15) is 5.75 Å². The van der Waals surface area contributed by atoms with Crippen molar-refractivity contribution < 1.29 is 14.6 Å². The molecule has 4 nitrogen and oxygen atoms in total. The van der Waals surface area contributed by atoms with E-state index in [1.54, 1.807) is 0 Å². The van der Waals surface area contributed by atoms with Crippen molar-refractivity contribution in [3.8, 4) is 5.75 Å². The first-order valence-electron chi connectivity index (χ1n) is 7.50. The Bertz CT molecular complexity index is 443. The Morgan fingerprint density at radius 1 is 1.33 bits per heavy atom. The lowest BCUT2D eigenvalue weighted by atomic mass is 9.90. The van der Waals surface area contributed by atoms with Crippen LogP contribution in [0.4, 0.5) is 0 Å².